The Kier molecular flexibility index (Phi) is 6.66. The van der Waals surface area contributed by atoms with Crippen LogP contribution in [0.2, 0.25) is 5.02 Å². The summed E-state index contributed by atoms with van der Waals surface area (Å²) in [6.07, 6.45) is 1.93. The van der Waals surface area contributed by atoms with Gasteiger partial charge in [-0.2, -0.15) is 4.98 Å². The number of ether oxygens (including phenoxy) is 1. The van der Waals surface area contributed by atoms with Gasteiger partial charge in [-0.15, -0.1) is 5.10 Å². The van der Waals surface area contributed by atoms with Crippen molar-refractivity contribution >= 4 is 46.2 Å². The largest absolute Gasteiger partial charge is 0.457 e. The molecule has 1 aliphatic heterocycles. The summed E-state index contributed by atoms with van der Waals surface area (Å²) in [7, 11) is 0. The number of nitrogens with zero attached hydrogens (tertiary/aromatic N) is 3. The molecular weight excluding hydrogens is 518 g/mol. The SMILES string of the molecule is CC1=C(C(=O)OCc2ccccc2)C(c2c[nH]c3ccccc23)n2nc(SCc3ccccc3Cl)nc2N1. The second kappa shape index (κ2) is 10.4. The van der Waals surface area contributed by atoms with E-state index in [1.807, 2.05) is 92.0 Å². The molecule has 0 amide bonds. The van der Waals surface area contributed by atoms with E-state index in [-0.39, 0.29) is 6.61 Å². The van der Waals surface area contributed by atoms with Crippen molar-refractivity contribution in [2.45, 2.75) is 30.5 Å². The number of aromatic amines is 1. The number of H-pyrrole nitrogens is 1. The summed E-state index contributed by atoms with van der Waals surface area (Å²) in [6.45, 7) is 2.05. The molecule has 3 aromatic carbocycles. The lowest BCUT2D eigenvalue weighted by molar-refractivity contribution is -0.140. The van der Waals surface area contributed by atoms with E-state index < -0.39 is 12.0 Å². The summed E-state index contributed by atoms with van der Waals surface area (Å²) in [6, 6.07) is 24.9. The van der Waals surface area contributed by atoms with Gasteiger partial charge in [-0.25, -0.2) is 9.48 Å². The highest BCUT2D eigenvalue weighted by Crippen LogP contribution is 2.40. The zero-order valence-electron chi connectivity index (χ0n) is 20.5. The van der Waals surface area contributed by atoms with E-state index in [0.717, 1.165) is 27.6 Å². The summed E-state index contributed by atoms with van der Waals surface area (Å²) >= 11 is 7.84. The van der Waals surface area contributed by atoms with Gasteiger partial charge in [0.25, 0.3) is 0 Å². The Bertz CT molecular complexity index is 1660. The Morgan fingerprint density at radius 1 is 1.05 bits per heavy atom. The molecule has 5 aromatic rings. The number of allylic oxidation sites excluding steroid dienone is 1. The zero-order valence-corrected chi connectivity index (χ0v) is 22.1. The molecule has 0 spiro atoms. The summed E-state index contributed by atoms with van der Waals surface area (Å²) < 4.78 is 7.56. The minimum absolute atomic E-state index is 0.181. The van der Waals surface area contributed by atoms with Crippen molar-refractivity contribution in [3.8, 4) is 0 Å². The molecule has 7 nitrogen and oxygen atoms in total. The van der Waals surface area contributed by atoms with Crippen LogP contribution in [0.25, 0.3) is 10.9 Å². The van der Waals surface area contributed by atoms with Crippen molar-refractivity contribution in [2.24, 2.45) is 0 Å². The number of esters is 1. The second-order valence-corrected chi connectivity index (χ2v) is 10.3. The summed E-state index contributed by atoms with van der Waals surface area (Å²) in [4.78, 5) is 21.6. The molecule has 0 fully saturated rings. The number of thioether (sulfide) groups is 1. The number of halogens is 1. The van der Waals surface area contributed by atoms with E-state index in [9.17, 15) is 4.79 Å². The van der Waals surface area contributed by atoms with Crippen LogP contribution in [-0.2, 0) is 21.9 Å². The molecule has 190 valence electrons. The van der Waals surface area contributed by atoms with Crippen LogP contribution in [0, 0.1) is 0 Å². The second-order valence-electron chi connectivity index (χ2n) is 8.96. The fourth-order valence-electron chi connectivity index (χ4n) is 4.62. The molecule has 0 radical (unpaired) electrons. The van der Waals surface area contributed by atoms with Gasteiger partial charge in [-0.05, 0) is 30.2 Å². The molecular formula is C29H24ClN5O2S. The van der Waals surface area contributed by atoms with Crippen LogP contribution in [0.15, 0.2) is 101 Å². The maximum absolute atomic E-state index is 13.6. The molecule has 6 rings (SSSR count). The van der Waals surface area contributed by atoms with Crippen molar-refractivity contribution in [2.75, 3.05) is 5.32 Å². The van der Waals surface area contributed by atoms with Crippen LogP contribution in [-0.4, -0.2) is 25.7 Å². The summed E-state index contributed by atoms with van der Waals surface area (Å²) in [5.74, 6) is 0.791. The van der Waals surface area contributed by atoms with E-state index in [1.165, 1.54) is 11.8 Å². The van der Waals surface area contributed by atoms with Crippen molar-refractivity contribution in [3.05, 3.63) is 118 Å². The normalized spacial score (nSPS) is 14.8. The van der Waals surface area contributed by atoms with Gasteiger partial charge in [0.15, 0.2) is 0 Å². The van der Waals surface area contributed by atoms with Gasteiger partial charge < -0.3 is 15.0 Å². The Morgan fingerprint density at radius 3 is 2.66 bits per heavy atom. The van der Waals surface area contributed by atoms with Crippen LogP contribution in [0.5, 0.6) is 0 Å². The summed E-state index contributed by atoms with van der Waals surface area (Å²) in [5.41, 5.74) is 5.00. The maximum atomic E-state index is 13.6. The predicted molar refractivity (Wildman–Crippen MR) is 150 cm³/mol. The third-order valence-electron chi connectivity index (χ3n) is 6.50. The first kappa shape index (κ1) is 24.3. The third kappa shape index (κ3) is 4.68. The minimum Gasteiger partial charge on any atom is -0.457 e. The third-order valence-corrected chi connectivity index (χ3v) is 7.75. The average molecular weight is 542 g/mol. The van der Waals surface area contributed by atoms with Crippen LogP contribution in [0.3, 0.4) is 0 Å². The van der Waals surface area contributed by atoms with Gasteiger partial charge in [0.1, 0.15) is 12.6 Å². The molecule has 9 heteroatoms. The standard InChI is InChI=1S/C29H24ClN5O2S/c1-18-25(27(36)37-16-19-9-3-2-4-10-19)26(22-15-31-24-14-8-6-12-21(22)24)35-28(32-18)33-29(34-35)38-17-20-11-5-7-13-23(20)30/h2-15,26,31H,16-17H2,1H3,(H,32,33,34). The first-order valence-corrected chi connectivity index (χ1v) is 13.5. The van der Waals surface area contributed by atoms with Crippen LogP contribution >= 0.6 is 23.4 Å². The van der Waals surface area contributed by atoms with E-state index in [0.29, 0.717) is 33.2 Å². The number of para-hydroxylation sites is 1. The van der Waals surface area contributed by atoms with E-state index in [1.54, 1.807) is 4.68 Å². The first-order valence-electron chi connectivity index (χ1n) is 12.2. The van der Waals surface area contributed by atoms with Crippen molar-refractivity contribution in [1.29, 1.82) is 0 Å². The smallest absolute Gasteiger partial charge is 0.338 e. The molecule has 1 aliphatic rings. The average Bonchev–Trinajstić information content (AvgIpc) is 3.55. The van der Waals surface area contributed by atoms with Crippen molar-refractivity contribution < 1.29 is 9.53 Å². The Morgan fingerprint density at radius 2 is 1.82 bits per heavy atom. The number of benzene rings is 3. The quantitative estimate of drug-likeness (QED) is 0.175. The van der Waals surface area contributed by atoms with Gasteiger partial charge >= 0.3 is 5.97 Å². The highest BCUT2D eigenvalue weighted by molar-refractivity contribution is 7.98. The highest BCUT2D eigenvalue weighted by atomic mass is 35.5. The van der Waals surface area contributed by atoms with Gasteiger partial charge in [0.2, 0.25) is 11.1 Å². The molecule has 1 atom stereocenters. The molecule has 1 unspecified atom stereocenters. The van der Waals surface area contributed by atoms with Crippen molar-refractivity contribution in [1.82, 2.24) is 19.7 Å². The Hall–Kier alpha value is -4.01. The molecule has 0 saturated heterocycles. The van der Waals surface area contributed by atoms with E-state index in [4.69, 9.17) is 26.4 Å². The number of hydrogen-bond acceptors (Lipinski definition) is 6. The molecule has 2 N–H and O–H groups in total. The monoisotopic (exact) mass is 541 g/mol. The highest BCUT2D eigenvalue weighted by Gasteiger charge is 2.36. The number of hydrogen-bond donors (Lipinski definition) is 2. The van der Waals surface area contributed by atoms with Crippen LogP contribution in [0.4, 0.5) is 5.95 Å². The van der Waals surface area contributed by atoms with E-state index in [2.05, 4.69) is 10.3 Å². The fourth-order valence-corrected chi connectivity index (χ4v) is 5.74. The lowest BCUT2D eigenvalue weighted by Crippen LogP contribution is -2.29. The molecule has 0 aliphatic carbocycles. The lowest BCUT2D eigenvalue weighted by Gasteiger charge is -2.27. The topological polar surface area (TPSA) is 84.8 Å². The molecule has 38 heavy (non-hydrogen) atoms. The van der Waals surface area contributed by atoms with Gasteiger partial charge in [0, 0.05) is 39.1 Å². The molecule has 2 aromatic heterocycles. The number of carbonyl (C=O) groups is 1. The lowest BCUT2D eigenvalue weighted by atomic mass is 9.95. The Labute approximate surface area is 228 Å². The van der Waals surface area contributed by atoms with Crippen molar-refractivity contribution in [3.63, 3.8) is 0 Å². The van der Waals surface area contributed by atoms with E-state index >= 15 is 0 Å². The van der Waals surface area contributed by atoms with Gasteiger partial charge in [-0.1, -0.05) is 90.1 Å². The first-order chi connectivity index (χ1) is 18.6. The summed E-state index contributed by atoms with van der Waals surface area (Å²) in [5, 5.41) is 10.4. The Balaban J connectivity index is 1.36. The number of rotatable bonds is 7. The molecule has 0 saturated carbocycles. The number of aromatic nitrogens is 4. The number of fused-ring (bicyclic) bond motifs is 2. The number of anilines is 1. The zero-order chi connectivity index (χ0) is 26.1. The van der Waals surface area contributed by atoms with Crippen LogP contribution < -0.4 is 5.32 Å². The van der Waals surface area contributed by atoms with Crippen LogP contribution in [0.1, 0.15) is 29.7 Å². The minimum atomic E-state index is -0.521. The molecule has 0 bridgehead atoms. The fraction of sp³-hybridized carbons (Fsp3) is 0.138. The maximum Gasteiger partial charge on any atom is 0.338 e. The molecule has 3 heterocycles. The number of carbonyl (C=O) groups excluding carboxylic acids is 1. The number of nitrogens with one attached hydrogen (secondary N) is 2. The van der Waals surface area contributed by atoms with Gasteiger partial charge in [0.05, 0.1) is 5.57 Å². The predicted octanol–water partition coefficient (Wildman–Crippen LogP) is 6.74. The van der Waals surface area contributed by atoms with Gasteiger partial charge in [-0.3, -0.25) is 0 Å².